The molecule has 1 heterocycles. The number of halogens is 1. The molecular formula is C26H34ClN3O4. The van der Waals surface area contributed by atoms with E-state index in [4.69, 9.17) is 21.1 Å². The number of rotatable bonds is 9. The third-order valence-electron chi connectivity index (χ3n) is 5.74. The monoisotopic (exact) mass is 487 g/mol. The molecule has 1 saturated heterocycles. The first-order valence-electron chi connectivity index (χ1n) is 11.7. The van der Waals surface area contributed by atoms with E-state index < -0.39 is 0 Å². The molecule has 2 aromatic carbocycles. The van der Waals surface area contributed by atoms with Crippen LogP contribution in [0.5, 0.6) is 11.5 Å². The van der Waals surface area contributed by atoms with Crippen molar-refractivity contribution in [2.45, 2.75) is 27.2 Å². The maximum Gasteiger partial charge on any atom is 0.254 e. The maximum absolute atomic E-state index is 13.1. The zero-order valence-corrected chi connectivity index (χ0v) is 21.2. The molecule has 1 aliphatic rings. The Morgan fingerprint density at radius 1 is 1.12 bits per heavy atom. The number of nitrogens with one attached hydrogen (secondary N) is 1. The van der Waals surface area contributed by atoms with Gasteiger partial charge in [-0.2, -0.15) is 0 Å². The number of carbonyl (C=O) groups excluding carboxylic acids is 2. The summed E-state index contributed by atoms with van der Waals surface area (Å²) in [5.74, 6) is 1.07. The quantitative estimate of drug-likeness (QED) is 0.569. The van der Waals surface area contributed by atoms with Crippen LogP contribution in [-0.4, -0.2) is 68.1 Å². The molecule has 0 aliphatic carbocycles. The van der Waals surface area contributed by atoms with Crippen molar-refractivity contribution in [2.24, 2.45) is 5.92 Å². The number of hydrogen-bond acceptors (Lipinski definition) is 5. The van der Waals surface area contributed by atoms with Gasteiger partial charge in [0.1, 0.15) is 0 Å². The van der Waals surface area contributed by atoms with Crippen LogP contribution in [0.2, 0.25) is 5.02 Å². The predicted molar refractivity (Wildman–Crippen MR) is 135 cm³/mol. The second-order valence-corrected chi connectivity index (χ2v) is 9.23. The SMILES string of the molecule is CCc1ccccc1NC(=O)CN1CCN(C(=O)c2cc(Cl)c(OCC(C)C)c(OC)c2)CC1. The lowest BCUT2D eigenvalue weighted by Gasteiger charge is -2.34. The number of benzene rings is 2. The highest BCUT2D eigenvalue weighted by molar-refractivity contribution is 6.32. The first-order valence-corrected chi connectivity index (χ1v) is 12.1. The largest absolute Gasteiger partial charge is 0.493 e. The molecule has 0 radical (unpaired) electrons. The Hall–Kier alpha value is -2.77. The van der Waals surface area contributed by atoms with Crippen LogP contribution in [0.3, 0.4) is 0 Å². The van der Waals surface area contributed by atoms with Gasteiger partial charge in [0.05, 0.1) is 25.3 Å². The zero-order chi connectivity index (χ0) is 24.7. The summed E-state index contributed by atoms with van der Waals surface area (Å²) in [5, 5.41) is 3.36. The minimum atomic E-state index is -0.114. The summed E-state index contributed by atoms with van der Waals surface area (Å²) < 4.78 is 11.2. The third kappa shape index (κ3) is 6.64. The Labute approximate surface area is 207 Å². The highest BCUT2D eigenvalue weighted by Crippen LogP contribution is 2.37. The molecular weight excluding hydrogens is 454 g/mol. The van der Waals surface area contributed by atoms with Crippen LogP contribution >= 0.6 is 11.6 Å². The van der Waals surface area contributed by atoms with Crippen molar-refractivity contribution < 1.29 is 19.1 Å². The first kappa shape index (κ1) is 25.8. The van der Waals surface area contributed by atoms with Crippen molar-refractivity contribution >= 4 is 29.1 Å². The van der Waals surface area contributed by atoms with Crippen molar-refractivity contribution in [3.8, 4) is 11.5 Å². The topological polar surface area (TPSA) is 71.1 Å². The number of anilines is 1. The van der Waals surface area contributed by atoms with Gasteiger partial charge in [-0.3, -0.25) is 14.5 Å². The Kier molecular flexibility index (Phi) is 9.19. The number of carbonyl (C=O) groups is 2. The van der Waals surface area contributed by atoms with Gasteiger partial charge in [0.2, 0.25) is 5.91 Å². The molecule has 0 atom stereocenters. The van der Waals surface area contributed by atoms with E-state index in [1.807, 2.05) is 38.1 Å². The number of piperazine rings is 1. The van der Waals surface area contributed by atoms with Crippen LogP contribution in [0.15, 0.2) is 36.4 Å². The molecule has 0 saturated carbocycles. The lowest BCUT2D eigenvalue weighted by atomic mass is 10.1. The van der Waals surface area contributed by atoms with E-state index in [0.29, 0.717) is 67.3 Å². The fourth-order valence-corrected chi connectivity index (χ4v) is 4.13. The highest BCUT2D eigenvalue weighted by Gasteiger charge is 2.25. The summed E-state index contributed by atoms with van der Waals surface area (Å²) in [6.07, 6.45) is 0.858. The molecule has 1 N–H and O–H groups in total. The second-order valence-electron chi connectivity index (χ2n) is 8.82. The number of hydrogen-bond donors (Lipinski definition) is 1. The number of para-hydroxylation sites is 1. The molecule has 3 rings (SSSR count). The van der Waals surface area contributed by atoms with Crippen LogP contribution in [0.25, 0.3) is 0 Å². The summed E-state index contributed by atoms with van der Waals surface area (Å²) in [5.41, 5.74) is 2.43. The lowest BCUT2D eigenvalue weighted by molar-refractivity contribution is -0.117. The third-order valence-corrected chi connectivity index (χ3v) is 6.02. The van der Waals surface area contributed by atoms with Crippen LogP contribution in [0.4, 0.5) is 5.69 Å². The van der Waals surface area contributed by atoms with Gasteiger partial charge < -0.3 is 19.7 Å². The molecule has 2 aromatic rings. The van der Waals surface area contributed by atoms with E-state index in [1.54, 1.807) is 17.0 Å². The van der Waals surface area contributed by atoms with Crippen LogP contribution < -0.4 is 14.8 Å². The van der Waals surface area contributed by atoms with Gasteiger partial charge >= 0.3 is 0 Å². The second kappa shape index (κ2) is 12.1. The number of nitrogens with zero attached hydrogens (tertiary/aromatic N) is 2. The Morgan fingerprint density at radius 2 is 1.82 bits per heavy atom. The fraction of sp³-hybridized carbons (Fsp3) is 0.462. The van der Waals surface area contributed by atoms with E-state index in [9.17, 15) is 9.59 Å². The highest BCUT2D eigenvalue weighted by atomic mass is 35.5. The molecule has 34 heavy (non-hydrogen) atoms. The Bertz CT molecular complexity index is 1000. The minimum absolute atomic E-state index is 0.0471. The van der Waals surface area contributed by atoms with Crippen molar-refractivity contribution in [1.29, 1.82) is 0 Å². The average Bonchev–Trinajstić information content (AvgIpc) is 2.83. The van der Waals surface area contributed by atoms with Gasteiger partial charge in [-0.25, -0.2) is 0 Å². The molecule has 1 aliphatic heterocycles. The van der Waals surface area contributed by atoms with Gasteiger partial charge in [-0.15, -0.1) is 0 Å². The van der Waals surface area contributed by atoms with E-state index in [1.165, 1.54) is 7.11 Å². The molecule has 1 fully saturated rings. The molecule has 0 spiro atoms. The van der Waals surface area contributed by atoms with E-state index in [2.05, 4.69) is 17.1 Å². The van der Waals surface area contributed by atoms with Gasteiger partial charge in [-0.1, -0.05) is 50.6 Å². The van der Waals surface area contributed by atoms with Gasteiger partial charge in [0.15, 0.2) is 11.5 Å². The van der Waals surface area contributed by atoms with Gasteiger partial charge in [0, 0.05) is 37.4 Å². The molecule has 0 aromatic heterocycles. The first-order chi connectivity index (χ1) is 16.3. The molecule has 8 heteroatoms. The normalized spacial score (nSPS) is 14.2. The summed E-state index contributed by atoms with van der Waals surface area (Å²) in [6.45, 7) is 9.26. The summed E-state index contributed by atoms with van der Waals surface area (Å²) in [4.78, 5) is 29.5. The Morgan fingerprint density at radius 3 is 2.47 bits per heavy atom. The molecule has 7 nitrogen and oxygen atoms in total. The van der Waals surface area contributed by atoms with Crippen molar-refractivity contribution in [1.82, 2.24) is 9.80 Å². The van der Waals surface area contributed by atoms with Crippen LogP contribution in [0.1, 0.15) is 36.7 Å². The fourth-order valence-electron chi connectivity index (χ4n) is 3.87. The van der Waals surface area contributed by atoms with Crippen molar-refractivity contribution in [3.05, 3.63) is 52.5 Å². The molecule has 2 amide bonds. The smallest absolute Gasteiger partial charge is 0.254 e. The standard InChI is InChI=1S/C26H34ClN3O4/c1-5-19-8-6-7-9-22(19)28-24(31)16-29-10-12-30(13-11-29)26(32)20-14-21(27)25(23(15-20)33-4)34-17-18(2)3/h6-9,14-15,18H,5,10-13,16-17H2,1-4H3,(H,28,31). The van der Waals surface area contributed by atoms with Crippen molar-refractivity contribution in [3.63, 3.8) is 0 Å². The molecule has 0 bridgehead atoms. The predicted octanol–water partition coefficient (Wildman–Crippen LogP) is 4.34. The molecule has 184 valence electrons. The van der Waals surface area contributed by atoms with Crippen LogP contribution in [-0.2, 0) is 11.2 Å². The van der Waals surface area contributed by atoms with E-state index >= 15 is 0 Å². The van der Waals surface area contributed by atoms with Gasteiger partial charge in [-0.05, 0) is 36.1 Å². The number of amides is 2. The van der Waals surface area contributed by atoms with Crippen molar-refractivity contribution in [2.75, 3.05) is 51.8 Å². The van der Waals surface area contributed by atoms with Gasteiger partial charge in [0.25, 0.3) is 5.91 Å². The Balaban J connectivity index is 1.57. The van der Waals surface area contributed by atoms with E-state index in [-0.39, 0.29) is 11.8 Å². The number of ether oxygens (including phenoxy) is 2. The molecule has 0 unspecified atom stereocenters. The summed E-state index contributed by atoms with van der Waals surface area (Å²) in [7, 11) is 1.53. The number of methoxy groups -OCH3 is 1. The lowest BCUT2D eigenvalue weighted by Crippen LogP contribution is -2.50. The maximum atomic E-state index is 13.1. The zero-order valence-electron chi connectivity index (χ0n) is 20.4. The van der Waals surface area contributed by atoms with Crippen LogP contribution in [0, 0.1) is 5.92 Å². The number of aryl methyl sites for hydroxylation is 1. The summed E-state index contributed by atoms with van der Waals surface area (Å²) in [6, 6.07) is 11.1. The summed E-state index contributed by atoms with van der Waals surface area (Å²) >= 11 is 6.42. The average molecular weight is 488 g/mol. The van der Waals surface area contributed by atoms with E-state index in [0.717, 1.165) is 17.7 Å². The minimum Gasteiger partial charge on any atom is -0.493 e.